The van der Waals surface area contributed by atoms with Crippen molar-refractivity contribution in [2.24, 2.45) is 4.40 Å². The van der Waals surface area contributed by atoms with Gasteiger partial charge in [0.05, 0.1) is 10.6 Å². The Morgan fingerprint density at radius 1 is 1.05 bits per heavy atom. The fourth-order valence-electron chi connectivity index (χ4n) is 1.93. The van der Waals surface area contributed by atoms with Crippen LogP contribution in [0.4, 0.5) is 0 Å². The van der Waals surface area contributed by atoms with Crippen molar-refractivity contribution in [1.82, 2.24) is 4.57 Å². The van der Waals surface area contributed by atoms with Crippen LogP contribution in [0.1, 0.15) is 0 Å². The summed E-state index contributed by atoms with van der Waals surface area (Å²) >= 11 is 1.21. The number of aromatic hydroxyl groups is 1. The van der Waals surface area contributed by atoms with E-state index in [0.717, 1.165) is 0 Å². The van der Waals surface area contributed by atoms with Crippen molar-refractivity contribution in [1.29, 1.82) is 0 Å². The molecule has 0 aliphatic heterocycles. The number of hydrogen-bond donors (Lipinski definition) is 1. The maximum absolute atomic E-state index is 12.3. The molecule has 1 N–H and O–H groups in total. The molecule has 0 saturated carbocycles. The van der Waals surface area contributed by atoms with Crippen molar-refractivity contribution >= 4 is 21.4 Å². The summed E-state index contributed by atoms with van der Waals surface area (Å²) in [6, 6.07) is 14.6. The SMILES string of the molecule is O=S(=O)(/N=c1/sccn1-c1cccc(O)c1)c1ccccc1. The molecule has 5 nitrogen and oxygen atoms in total. The van der Waals surface area contributed by atoms with E-state index >= 15 is 0 Å². The van der Waals surface area contributed by atoms with E-state index < -0.39 is 10.0 Å². The standard InChI is InChI=1S/C15H12N2O3S2/c18-13-6-4-5-12(11-13)17-9-10-21-15(17)16-22(19,20)14-7-2-1-3-8-14/h1-11,18H/b16-15+. The second-order valence-electron chi connectivity index (χ2n) is 4.45. The third-order valence-corrected chi connectivity index (χ3v) is 5.09. The van der Waals surface area contributed by atoms with Gasteiger partial charge in [-0.1, -0.05) is 24.3 Å². The maximum atomic E-state index is 12.3. The second kappa shape index (κ2) is 5.78. The topological polar surface area (TPSA) is 71.7 Å². The molecule has 22 heavy (non-hydrogen) atoms. The van der Waals surface area contributed by atoms with Gasteiger partial charge in [-0.3, -0.25) is 4.57 Å². The van der Waals surface area contributed by atoms with Crippen molar-refractivity contribution < 1.29 is 13.5 Å². The van der Waals surface area contributed by atoms with Crippen LogP contribution in [0.15, 0.2) is 75.5 Å². The summed E-state index contributed by atoms with van der Waals surface area (Å²) in [4.78, 5) is 0.459. The van der Waals surface area contributed by atoms with Gasteiger partial charge in [0.15, 0.2) is 0 Å². The number of nitrogens with zero attached hydrogens (tertiary/aromatic N) is 2. The van der Waals surface area contributed by atoms with Crippen LogP contribution in [0.5, 0.6) is 5.75 Å². The molecule has 0 unspecified atom stereocenters. The molecule has 0 spiro atoms. The summed E-state index contributed by atoms with van der Waals surface area (Å²) in [5.41, 5.74) is 0.642. The Hall–Kier alpha value is -2.38. The minimum Gasteiger partial charge on any atom is -0.508 e. The van der Waals surface area contributed by atoms with Crippen LogP contribution in [0.2, 0.25) is 0 Å². The highest BCUT2D eigenvalue weighted by molar-refractivity contribution is 7.90. The van der Waals surface area contributed by atoms with Gasteiger partial charge in [-0.25, -0.2) is 0 Å². The van der Waals surface area contributed by atoms with Gasteiger partial charge in [0.2, 0.25) is 4.80 Å². The van der Waals surface area contributed by atoms with E-state index in [9.17, 15) is 13.5 Å². The molecule has 7 heteroatoms. The van der Waals surface area contributed by atoms with Gasteiger partial charge < -0.3 is 5.11 Å². The Morgan fingerprint density at radius 3 is 2.55 bits per heavy atom. The zero-order chi connectivity index (χ0) is 15.6. The van der Waals surface area contributed by atoms with E-state index in [2.05, 4.69) is 4.40 Å². The van der Waals surface area contributed by atoms with E-state index in [1.165, 1.54) is 23.5 Å². The first kappa shape index (κ1) is 14.6. The Labute approximate surface area is 131 Å². The average molecular weight is 332 g/mol. The first-order valence-electron chi connectivity index (χ1n) is 6.38. The van der Waals surface area contributed by atoms with Crippen LogP contribution in [0, 0.1) is 0 Å². The number of hydrogen-bond acceptors (Lipinski definition) is 4. The van der Waals surface area contributed by atoms with Crippen LogP contribution in [-0.2, 0) is 10.0 Å². The van der Waals surface area contributed by atoms with E-state index in [1.54, 1.807) is 58.6 Å². The smallest absolute Gasteiger partial charge is 0.285 e. The highest BCUT2D eigenvalue weighted by Gasteiger charge is 2.12. The molecule has 0 radical (unpaired) electrons. The van der Waals surface area contributed by atoms with Crippen molar-refractivity contribution in [3.63, 3.8) is 0 Å². The summed E-state index contributed by atoms with van der Waals surface area (Å²) in [5.74, 6) is 0.105. The van der Waals surface area contributed by atoms with Crippen LogP contribution in [-0.4, -0.2) is 18.1 Å². The zero-order valence-electron chi connectivity index (χ0n) is 11.3. The predicted molar refractivity (Wildman–Crippen MR) is 84.5 cm³/mol. The number of phenols is 1. The highest BCUT2D eigenvalue weighted by Crippen LogP contribution is 2.15. The molecule has 2 aromatic carbocycles. The molecule has 3 aromatic rings. The minimum absolute atomic E-state index is 0.105. The number of benzene rings is 2. The van der Waals surface area contributed by atoms with Crippen molar-refractivity contribution in [2.75, 3.05) is 0 Å². The third-order valence-electron chi connectivity index (χ3n) is 2.94. The molecule has 0 saturated heterocycles. The molecule has 1 heterocycles. The zero-order valence-corrected chi connectivity index (χ0v) is 13.0. The van der Waals surface area contributed by atoms with Crippen molar-refractivity contribution in [3.05, 3.63) is 71.0 Å². The Balaban J connectivity index is 2.13. The molecule has 112 valence electrons. The Bertz CT molecular complexity index is 957. The number of sulfonamides is 1. The molecule has 0 fully saturated rings. The molecular weight excluding hydrogens is 320 g/mol. The van der Waals surface area contributed by atoms with Gasteiger partial charge in [0.25, 0.3) is 10.0 Å². The Kier molecular flexibility index (Phi) is 3.82. The van der Waals surface area contributed by atoms with Gasteiger partial charge in [0, 0.05) is 17.6 Å². The molecule has 1 aromatic heterocycles. The van der Waals surface area contributed by atoms with Crippen LogP contribution in [0.3, 0.4) is 0 Å². The first-order chi connectivity index (χ1) is 10.6. The lowest BCUT2D eigenvalue weighted by Crippen LogP contribution is -2.14. The quantitative estimate of drug-likeness (QED) is 0.801. The second-order valence-corrected chi connectivity index (χ2v) is 6.93. The largest absolute Gasteiger partial charge is 0.508 e. The van der Waals surface area contributed by atoms with E-state index in [-0.39, 0.29) is 10.6 Å². The van der Waals surface area contributed by atoms with Gasteiger partial charge in [-0.2, -0.15) is 8.42 Å². The number of aromatic nitrogens is 1. The van der Waals surface area contributed by atoms with Crippen LogP contribution >= 0.6 is 11.3 Å². The fourth-order valence-corrected chi connectivity index (χ4v) is 3.88. The molecule has 3 rings (SSSR count). The van der Waals surface area contributed by atoms with Crippen molar-refractivity contribution in [3.8, 4) is 11.4 Å². The maximum Gasteiger partial charge on any atom is 0.285 e. The van der Waals surface area contributed by atoms with Gasteiger partial charge in [0.1, 0.15) is 5.75 Å². The number of phenolic OH excluding ortho intramolecular Hbond substituents is 1. The number of rotatable bonds is 3. The molecule has 0 amide bonds. The Morgan fingerprint density at radius 2 is 1.82 bits per heavy atom. The van der Waals surface area contributed by atoms with E-state index in [1.807, 2.05) is 0 Å². The molecular formula is C15H12N2O3S2. The normalized spacial score (nSPS) is 12.5. The summed E-state index contributed by atoms with van der Waals surface area (Å²) < 4.78 is 30.2. The summed E-state index contributed by atoms with van der Waals surface area (Å²) in [6.07, 6.45) is 1.71. The van der Waals surface area contributed by atoms with E-state index in [0.29, 0.717) is 10.5 Å². The van der Waals surface area contributed by atoms with Crippen molar-refractivity contribution in [2.45, 2.75) is 4.90 Å². The molecule has 0 aliphatic rings. The average Bonchev–Trinajstić information content (AvgIpc) is 2.95. The highest BCUT2D eigenvalue weighted by atomic mass is 32.2. The molecule has 0 atom stereocenters. The lowest BCUT2D eigenvalue weighted by molar-refractivity contribution is 0.475. The summed E-state index contributed by atoms with van der Waals surface area (Å²) in [6.45, 7) is 0. The molecule has 0 bridgehead atoms. The van der Waals surface area contributed by atoms with Gasteiger partial charge in [-0.15, -0.1) is 15.7 Å². The van der Waals surface area contributed by atoms with Gasteiger partial charge >= 0.3 is 0 Å². The minimum atomic E-state index is -3.77. The van der Waals surface area contributed by atoms with Gasteiger partial charge in [-0.05, 0) is 24.3 Å². The monoisotopic (exact) mass is 332 g/mol. The lowest BCUT2D eigenvalue weighted by Gasteiger charge is -2.03. The lowest BCUT2D eigenvalue weighted by atomic mass is 10.3. The summed E-state index contributed by atoms with van der Waals surface area (Å²) in [7, 11) is -3.77. The predicted octanol–water partition coefficient (Wildman–Crippen LogP) is 2.53. The number of thiazole rings is 1. The fraction of sp³-hybridized carbons (Fsp3) is 0. The summed E-state index contributed by atoms with van der Waals surface area (Å²) in [5, 5.41) is 11.3. The van der Waals surface area contributed by atoms with Crippen LogP contribution < -0.4 is 4.80 Å². The molecule has 0 aliphatic carbocycles. The first-order valence-corrected chi connectivity index (χ1v) is 8.70. The van der Waals surface area contributed by atoms with E-state index in [4.69, 9.17) is 0 Å². The van der Waals surface area contributed by atoms with Crippen LogP contribution in [0.25, 0.3) is 5.69 Å². The third kappa shape index (κ3) is 2.95.